The topological polar surface area (TPSA) is 37.4 Å². The van der Waals surface area contributed by atoms with Gasteiger partial charge in [0.15, 0.2) is 0 Å². The van der Waals surface area contributed by atoms with Gasteiger partial charge in [-0.2, -0.15) is 0 Å². The highest BCUT2D eigenvalue weighted by Gasteiger charge is 2.24. The van der Waals surface area contributed by atoms with Crippen LogP contribution in [0.4, 0.5) is 10.1 Å². The van der Waals surface area contributed by atoms with E-state index in [-0.39, 0.29) is 11.4 Å². The van der Waals surface area contributed by atoms with Crippen LogP contribution in [0.5, 0.6) is 0 Å². The van der Waals surface area contributed by atoms with E-state index in [9.17, 15) is 12.8 Å². The first kappa shape index (κ1) is 15.3. The molecule has 0 spiro atoms. The number of nitrogens with zero attached hydrogens (tertiary/aromatic N) is 1. The van der Waals surface area contributed by atoms with Crippen molar-refractivity contribution in [3.05, 3.63) is 72.6 Å². The van der Waals surface area contributed by atoms with Crippen LogP contribution in [0.1, 0.15) is 5.56 Å². The molecule has 0 bridgehead atoms. The van der Waals surface area contributed by atoms with Gasteiger partial charge < -0.3 is 0 Å². The maximum Gasteiger partial charge on any atom is 0.264 e. The third-order valence-electron chi connectivity index (χ3n) is 3.08. The molecule has 110 valence electrons. The Bertz CT molecular complexity index is 739. The number of sulfonamides is 1. The molecule has 21 heavy (non-hydrogen) atoms. The monoisotopic (exact) mass is 305 g/mol. The van der Waals surface area contributed by atoms with Crippen molar-refractivity contribution in [2.75, 3.05) is 10.8 Å². The first-order valence-corrected chi connectivity index (χ1v) is 7.85. The van der Waals surface area contributed by atoms with Crippen LogP contribution in [0, 0.1) is 12.7 Å². The number of halogens is 1. The lowest BCUT2D eigenvalue weighted by atomic mass is 10.2. The van der Waals surface area contributed by atoms with Crippen LogP contribution >= 0.6 is 0 Å². The van der Waals surface area contributed by atoms with Crippen molar-refractivity contribution in [2.24, 2.45) is 0 Å². The predicted molar refractivity (Wildman–Crippen MR) is 82.3 cm³/mol. The number of aryl methyl sites for hydroxylation is 1. The molecule has 0 saturated carbocycles. The van der Waals surface area contributed by atoms with E-state index >= 15 is 0 Å². The summed E-state index contributed by atoms with van der Waals surface area (Å²) in [6.07, 6.45) is 1.52. The van der Waals surface area contributed by atoms with Crippen molar-refractivity contribution in [1.82, 2.24) is 0 Å². The van der Waals surface area contributed by atoms with Gasteiger partial charge in [0.1, 0.15) is 5.82 Å². The molecule has 0 heterocycles. The second kappa shape index (κ2) is 6.10. The quantitative estimate of drug-likeness (QED) is 0.793. The number of benzene rings is 2. The van der Waals surface area contributed by atoms with Crippen LogP contribution in [-0.2, 0) is 10.0 Å². The zero-order valence-electron chi connectivity index (χ0n) is 11.7. The van der Waals surface area contributed by atoms with Crippen molar-refractivity contribution in [1.29, 1.82) is 0 Å². The van der Waals surface area contributed by atoms with Crippen molar-refractivity contribution >= 4 is 15.7 Å². The van der Waals surface area contributed by atoms with E-state index in [2.05, 4.69) is 6.58 Å². The molecule has 0 radical (unpaired) electrons. The van der Waals surface area contributed by atoms with Crippen molar-refractivity contribution < 1.29 is 12.8 Å². The van der Waals surface area contributed by atoms with Crippen LogP contribution < -0.4 is 4.31 Å². The van der Waals surface area contributed by atoms with E-state index in [1.54, 1.807) is 12.1 Å². The Morgan fingerprint density at radius 1 is 1.14 bits per heavy atom. The first-order valence-electron chi connectivity index (χ1n) is 6.41. The Labute approximate surface area is 124 Å². The number of hydrogen-bond donors (Lipinski definition) is 0. The molecule has 2 aromatic rings. The van der Waals surface area contributed by atoms with Crippen molar-refractivity contribution in [3.8, 4) is 0 Å². The molecule has 0 unspecified atom stereocenters. The van der Waals surface area contributed by atoms with Crippen molar-refractivity contribution in [3.63, 3.8) is 0 Å². The number of anilines is 1. The second-order valence-corrected chi connectivity index (χ2v) is 6.43. The van der Waals surface area contributed by atoms with Crippen LogP contribution in [0.15, 0.2) is 66.1 Å². The summed E-state index contributed by atoms with van der Waals surface area (Å²) in [6, 6.07) is 12.0. The van der Waals surface area contributed by atoms with Gasteiger partial charge in [0, 0.05) is 0 Å². The summed E-state index contributed by atoms with van der Waals surface area (Å²) in [4.78, 5) is 0.0500. The molecule has 0 atom stereocenters. The fraction of sp³-hybridized carbons (Fsp3) is 0.125. The lowest BCUT2D eigenvalue weighted by Gasteiger charge is -2.24. The van der Waals surface area contributed by atoms with E-state index in [0.29, 0.717) is 5.69 Å². The molecular weight excluding hydrogens is 289 g/mol. The molecule has 0 amide bonds. The Morgan fingerprint density at radius 2 is 1.76 bits per heavy atom. The highest BCUT2D eigenvalue weighted by molar-refractivity contribution is 7.92. The summed E-state index contributed by atoms with van der Waals surface area (Å²) in [7, 11) is -3.76. The van der Waals surface area contributed by atoms with Crippen molar-refractivity contribution in [2.45, 2.75) is 11.8 Å². The summed E-state index contributed by atoms with van der Waals surface area (Å²) in [5.41, 5.74) is 1.42. The molecule has 2 rings (SSSR count). The maximum atomic E-state index is 13.0. The fourth-order valence-corrected chi connectivity index (χ4v) is 3.52. The van der Waals surface area contributed by atoms with Gasteiger partial charge in [-0.05, 0) is 42.8 Å². The Morgan fingerprint density at radius 3 is 2.33 bits per heavy atom. The SMILES string of the molecule is C=CCN(c1ccccc1C)S(=O)(=O)c1ccc(F)cc1. The Hall–Kier alpha value is -2.14. The molecule has 2 aromatic carbocycles. The van der Waals surface area contributed by atoms with E-state index < -0.39 is 15.8 Å². The molecule has 0 aliphatic carbocycles. The van der Waals surface area contributed by atoms with Gasteiger partial charge in [-0.3, -0.25) is 4.31 Å². The molecule has 3 nitrogen and oxygen atoms in total. The highest BCUT2D eigenvalue weighted by atomic mass is 32.2. The molecule has 0 aliphatic rings. The summed E-state index contributed by atoms with van der Waals surface area (Å²) in [6.45, 7) is 5.59. The minimum absolute atomic E-state index is 0.0500. The van der Waals surface area contributed by atoms with E-state index in [1.807, 2.05) is 19.1 Å². The van der Waals surface area contributed by atoms with Gasteiger partial charge in [0.2, 0.25) is 0 Å². The van der Waals surface area contributed by atoms with Gasteiger partial charge in [0.05, 0.1) is 17.1 Å². The zero-order valence-corrected chi connectivity index (χ0v) is 12.5. The minimum Gasteiger partial charge on any atom is -0.262 e. The van der Waals surface area contributed by atoms with Crippen LogP contribution in [0.2, 0.25) is 0 Å². The molecule has 0 aliphatic heterocycles. The number of para-hydroxylation sites is 1. The lowest BCUT2D eigenvalue weighted by molar-refractivity contribution is 0.591. The molecule has 0 saturated heterocycles. The summed E-state index contributed by atoms with van der Waals surface area (Å²) in [5.74, 6) is -0.472. The van der Waals surface area contributed by atoms with Crippen LogP contribution in [0.3, 0.4) is 0 Å². The summed E-state index contributed by atoms with van der Waals surface area (Å²) >= 11 is 0. The van der Waals surface area contributed by atoms with Crippen LogP contribution in [0.25, 0.3) is 0 Å². The zero-order chi connectivity index (χ0) is 15.5. The molecule has 0 fully saturated rings. The lowest BCUT2D eigenvalue weighted by Crippen LogP contribution is -2.31. The number of rotatable bonds is 5. The van der Waals surface area contributed by atoms with Gasteiger partial charge in [-0.1, -0.05) is 24.3 Å². The molecule has 5 heteroatoms. The van der Waals surface area contributed by atoms with Crippen LogP contribution in [-0.4, -0.2) is 15.0 Å². The largest absolute Gasteiger partial charge is 0.264 e. The highest BCUT2D eigenvalue weighted by Crippen LogP contribution is 2.26. The third-order valence-corrected chi connectivity index (χ3v) is 4.87. The van der Waals surface area contributed by atoms with Gasteiger partial charge >= 0.3 is 0 Å². The average Bonchev–Trinajstić information content (AvgIpc) is 2.46. The van der Waals surface area contributed by atoms with E-state index in [0.717, 1.165) is 17.7 Å². The van der Waals surface area contributed by atoms with E-state index in [1.165, 1.54) is 22.5 Å². The van der Waals surface area contributed by atoms with Gasteiger partial charge in [-0.25, -0.2) is 12.8 Å². The third kappa shape index (κ3) is 3.13. The molecule has 0 N–H and O–H groups in total. The summed E-state index contributed by atoms with van der Waals surface area (Å²) in [5, 5.41) is 0. The minimum atomic E-state index is -3.76. The fourth-order valence-electron chi connectivity index (χ4n) is 2.02. The van der Waals surface area contributed by atoms with Gasteiger partial charge in [0.25, 0.3) is 10.0 Å². The molecule has 0 aromatic heterocycles. The Balaban J connectivity index is 2.54. The first-order chi connectivity index (χ1) is 9.96. The predicted octanol–water partition coefficient (Wildman–Crippen LogP) is 3.52. The average molecular weight is 305 g/mol. The van der Waals surface area contributed by atoms with E-state index in [4.69, 9.17) is 0 Å². The summed E-state index contributed by atoms with van der Waals surface area (Å²) < 4.78 is 39.7. The standard InChI is InChI=1S/C16H16FNO2S/c1-3-12-18(16-7-5-4-6-13(16)2)21(19,20)15-10-8-14(17)9-11-15/h3-11H,1,12H2,2H3. The number of hydrogen-bond acceptors (Lipinski definition) is 2. The van der Waals surface area contributed by atoms with Gasteiger partial charge in [-0.15, -0.1) is 6.58 Å². The second-order valence-electron chi connectivity index (χ2n) is 4.57. The Kier molecular flexibility index (Phi) is 4.43. The molecular formula is C16H16FNO2S. The normalized spacial score (nSPS) is 11.1. The maximum absolute atomic E-state index is 13.0. The smallest absolute Gasteiger partial charge is 0.262 e.